The Morgan fingerprint density at radius 1 is 1.14 bits per heavy atom. The number of hydrogen-bond acceptors (Lipinski definition) is 3. The third-order valence-electron chi connectivity index (χ3n) is 1.62. The van der Waals surface area contributed by atoms with Gasteiger partial charge < -0.3 is 0 Å². The van der Waals surface area contributed by atoms with Gasteiger partial charge in [0.15, 0.2) is 0 Å². The maximum Gasteiger partial charge on any atom is 0.141 e. The smallest absolute Gasteiger partial charge is 0.141 e. The number of hydrogen-bond donors (Lipinski definition) is 0. The summed E-state index contributed by atoms with van der Waals surface area (Å²) in [6.45, 7) is 0. The van der Waals surface area contributed by atoms with Crippen molar-refractivity contribution in [3.8, 4) is 0 Å². The molecule has 0 aliphatic carbocycles. The number of halogens is 1. The predicted molar refractivity (Wildman–Crippen MR) is 49.4 cm³/mol. The molecule has 0 aliphatic heterocycles. The van der Waals surface area contributed by atoms with E-state index in [-0.39, 0.29) is 5.82 Å². The van der Waals surface area contributed by atoms with Crippen molar-refractivity contribution in [2.45, 2.75) is 0 Å². The molecular weight excluding hydrogens is 183 g/mol. The Labute approximate surface area is 79.7 Å². The summed E-state index contributed by atoms with van der Waals surface area (Å²) in [5.74, 6) is -0.258. The highest BCUT2D eigenvalue weighted by Gasteiger charge is 1.89. The molecule has 1 aromatic carbocycles. The van der Waals surface area contributed by atoms with Crippen LogP contribution in [0.2, 0.25) is 0 Å². The zero-order valence-corrected chi connectivity index (χ0v) is 7.21. The van der Waals surface area contributed by atoms with E-state index in [0.29, 0.717) is 0 Å². The van der Waals surface area contributed by atoms with Gasteiger partial charge in [-0.3, -0.25) is 0 Å². The van der Waals surface area contributed by atoms with Gasteiger partial charge in [-0.25, -0.2) is 9.07 Å². The molecule has 14 heavy (non-hydrogen) atoms. The van der Waals surface area contributed by atoms with Crippen molar-refractivity contribution in [2.24, 2.45) is 5.10 Å². The topological polar surface area (TPSA) is 43.1 Å². The molecule has 0 unspecified atom stereocenters. The molecule has 0 fully saturated rings. The van der Waals surface area contributed by atoms with Crippen LogP contribution in [0.5, 0.6) is 0 Å². The normalized spacial score (nSPS) is 10.9. The molecule has 0 saturated heterocycles. The molecule has 0 amide bonds. The van der Waals surface area contributed by atoms with Crippen molar-refractivity contribution in [3.63, 3.8) is 0 Å². The van der Waals surface area contributed by atoms with E-state index in [1.807, 2.05) is 0 Å². The second-order valence-electron chi connectivity index (χ2n) is 2.64. The van der Waals surface area contributed by atoms with Crippen LogP contribution in [0.15, 0.2) is 42.0 Å². The highest BCUT2D eigenvalue weighted by molar-refractivity contribution is 5.79. The van der Waals surface area contributed by atoms with Gasteiger partial charge >= 0.3 is 0 Å². The van der Waals surface area contributed by atoms with E-state index in [2.05, 4.69) is 15.3 Å². The molecule has 0 radical (unpaired) electrons. The molecule has 0 aliphatic rings. The highest BCUT2D eigenvalue weighted by Crippen LogP contribution is 1.99. The zero-order chi connectivity index (χ0) is 9.80. The van der Waals surface area contributed by atoms with Crippen LogP contribution in [0.25, 0.3) is 0 Å². The number of nitrogens with zero attached hydrogens (tertiary/aromatic N) is 4. The van der Waals surface area contributed by atoms with E-state index < -0.39 is 0 Å². The summed E-state index contributed by atoms with van der Waals surface area (Å²) in [5, 5.41) is 11.2. The molecule has 4 nitrogen and oxygen atoms in total. The first-order valence-corrected chi connectivity index (χ1v) is 3.99. The van der Waals surface area contributed by atoms with Gasteiger partial charge in [-0.1, -0.05) is 12.1 Å². The van der Waals surface area contributed by atoms with Crippen LogP contribution in [0.1, 0.15) is 5.56 Å². The van der Waals surface area contributed by atoms with Crippen molar-refractivity contribution in [2.75, 3.05) is 0 Å². The van der Waals surface area contributed by atoms with Gasteiger partial charge in [-0.2, -0.15) is 5.10 Å². The number of rotatable bonds is 2. The van der Waals surface area contributed by atoms with Gasteiger partial charge in [0.1, 0.15) is 18.5 Å². The first-order chi connectivity index (χ1) is 6.84. The first kappa shape index (κ1) is 8.55. The largest absolute Gasteiger partial charge is 0.208 e. The minimum atomic E-state index is -0.258. The Hall–Kier alpha value is -2.04. The molecule has 0 N–H and O–H groups in total. The predicted octanol–water partition coefficient (Wildman–Crippen LogP) is 1.30. The van der Waals surface area contributed by atoms with Crippen LogP contribution in [-0.4, -0.2) is 21.1 Å². The van der Waals surface area contributed by atoms with Gasteiger partial charge in [0.05, 0.1) is 6.21 Å². The van der Waals surface area contributed by atoms with Crippen LogP contribution >= 0.6 is 0 Å². The molecule has 5 heteroatoms. The molecular formula is C9H7FN4. The van der Waals surface area contributed by atoms with E-state index in [1.165, 1.54) is 29.5 Å². The molecule has 1 heterocycles. The van der Waals surface area contributed by atoms with Crippen molar-refractivity contribution >= 4 is 6.21 Å². The summed E-state index contributed by atoms with van der Waals surface area (Å²) in [5.41, 5.74) is 0.820. The summed E-state index contributed by atoms with van der Waals surface area (Å²) >= 11 is 0. The quantitative estimate of drug-likeness (QED) is 0.670. The summed E-state index contributed by atoms with van der Waals surface area (Å²) in [6.07, 6.45) is 4.54. The average molecular weight is 190 g/mol. The summed E-state index contributed by atoms with van der Waals surface area (Å²) in [7, 11) is 0. The van der Waals surface area contributed by atoms with Gasteiger partial charge in [0.2, 0.25) is 0 Å². The van der Waals surface area contributed by atoms with Crippen LogP contribution in [0.3, 0.4) is 0 Å². The van der Waals surface area contributed by atoms with Crippen molar-refractivity contribution in [1.82, 2.24) is 14.9 Å². The maximum atomic E-state index is 12.5. The molecule has 70 valence electrons. The van der Waals surface area contributed by atoms with E-state index in [9.17, 15) is 4.39 Å². The van der Waals surface area contributed by atoms with Gasteiger partial charge in [-0.15, -0.1) is 10.2 Å². The van der Waals surface area contributed by atoms with Crippen molar-refractivity contribution in [3.05, 3.63) is 48.3 Å². The molecule has 0 atom stereocenters. The van der Waals surface area contributed by atoms with Gasteiger partial charge in [-0.05, 0) is 17.7 Å². The summed E-state index contributed by atoms with van der Waals surface area (Å²) in [6, 6.07) is 6.05. The second kappa shape index (κ2) is 3.78. The minimum Gasteiger partial charge on any atom is -0.208 e. The molecule has 0 saturated carbocycles. The Morgan fingerprint density at radius 2 is 1.79 bits per heavy atom. The van der Waals surface area contributed by atoms with Gasteiger partial charge in [0, 0.05) is 0 Å². The molecule has 0 bridgehead atoms. The third-order valence-corrected chi connectivity index (χ3v) is 1.62. The standard InChI is InChI=1S/C9H7FN4/c10-9-3-1-8(2-4-9)5-13-14-6-11-12-7-14/h1-7H/b13-5-. The minimum absolute atomic E-state index is 0.258. The van der Waals surface area contributed by atoms with Crippen molar-refractivity contribution < 1.29 is 4.39 Å². The van der Waals surface area contributed by atoms with Crippen LogP contribution < -0.4 is 0 Å². The van der Waals surface area contributed by atoms with Crippen LogP contribution in [-0.2, 0) is 0 Å². The molecule has 0 spiro atoms. The fraction of sp³-hybridized carbons (Fsp3) is 0. The van der Waals surface area contributed by atoms with E-state index in [4.69, 9.17) is 0 Å². The lowest BCUT2D eigenvalue weighted by atomic mass is 10.2. The van der Waals surface area contributed by atoms with E-state index in [1.54, 1.807) is 18.3 Å². The average Bonchev–Trinajstić information content (AvgIpc) is 2.70. The third kappa shape index (κ3) is 2.01. The monoisotopic (exact) mass is 190 g/mol. The fourth-order valence-electron chi connectivity index (χ4n) is 0.937. The molecule has 2 aromatic rings. The lowest BCUT2D eigenvalue weighted by Gasteiger charge is -1.92. The van der Waals surface area contributed by atoms with Crippen LogP contribution in [0, 0.1) is 5.82 Å². The zero-order valence-electron chi connectivity index (χ0n) is 7.21. The summed E-state index contributed by atoms with van der Waals surface area (Å²) in [4.78, 5) is 0. The summed E-state index contributed by atoms with van der Waals surface area (Å²) < 4.78 is 14.0. The maximum absolute atomic E-state index is 12.5. The highest BCUT2D eigenvalue weighted by atomic mass is 19.1. The fourth-order valence-corrected chi connectivity index (χ4v) is 0.937. The first-order valence-electron chi connectivity index (χ1n) is 3.99. The number of benzene rings is 1. The lowest BCUT2D eigenvalue weighted by molar-refractivity contribution is 0.628. The number of aromatic nitrogens is 3. The Morgan fingerprint density at radius 3 is 2.43 bits per heavy atom. The Kier molecular flexibility index (Phi) is 2.31. The molecule has 1 aromatic heterocycles. The SMILES string of the molecule is Fc1ccc(/C=N\n2cnnc2)cc1. The lowest BCUT2D eigenvalue weighted by Crippen LogP contribution is -1.87. The van der Waals surface area contributed by atoms with E-state index in [0.717, 1.165) is 5.56 Å². The molecule has 2 rings (SSSR count). The Balaban J connectivity index is 2.15. The van der Waals surface area contributed by atoms with Crippen LogP contribution in [0.4, 0.5) is 4.39 Å². The Bertz CT molecular complexity index is 419. The second-order valence-corrected chi connectivity index (χ2v) is 2.64. The van der Waals surface area contributed by atoms with E-state index >= 15 is 0 Å². The van der Waals surface area contributed by atoms with Crippen molar-refractivity contribution in [1.29, 1.82) is 0 Å². The van der Waals surface area contributed by atoms with Gasteiger partial charge in [0.25, 0.3) is 0 Å².